The Morgan fingerprint density at radius 2 is 2.24 bits per heavy atom. The van der Waals surface area contributed by atoms with Gasteiger partial charge in [0.15, 0.2) is 11.6 Å². The van der Waals surface area contributed by atoms with E-state index < -0.39 is 5.82 Å². The summed E-state index contributed by atoms with van der Waals surface area (Å²) in [6, 6.07) is 3.17. The molecule has 0 aliphatic heterocycles. The molecule has 1 aromatic rings. The summed E-state index contributed by atoms with van der Waals surface area (Å²) in [6.07, 6.45) is 3.10. The van der Waals surface area contributed by atoms with Crippen molar-refractivity contribution >= 4 is 23.1 Å². The number of nitrogens with two attached hydrogens (primary N) is 1. The second-order valence-corrected chi connectivity index (χ2v) is 4.89. The van der Waals surface area contributed by atoms with Gasteiger partial charge in [-0.3, -0.25) is 0 Å². The van der Waals surface area contributed by atoms with E-state index >= 15 is 0 Å². The topological polar surface area (TPSA) is 47.3 Å². The van der Waals surface area contributed by atoms with Crippen LogP contribution >= 0.6 is 11.8 Å². The molecule has 1 atom stereocenters. The number of rotatable bonds is 6. The molecule has 0 bridgehead atoms. The maximum Gasteiger partial charge on any atom is 0.167 e. The number of methoxy groups -OCH3 is 1. The number of hydrogen-bond donors (Lipinski definition) is 2. The Bertz CT molecular complexity index is 374. The number of anilines is 2. The number of hydrogen-bond acceptors (Lipinski definition) is 4. The molecule has 0 aliphatic rings. The lowest BCUT2D eigenvalue weighted by Crippen LogP contribution is -2.17. The summed E-state index contributed by atoms with van der Waals surface area (Å²) < 4.78 is 18.3. The minimum absolute atomic E-state index is 0.207. The van der Waals surface area contributed by atoms with Crippen LogP contribution in [0.1, 0.15) is 13.3 Å². The highest BCUT2D eigenvalue weighted by Crippen LogP contribution is 2.28. The van der Waals surface area contributed by atoms with Crippen molar-refractivity contribution in [1.29, 1.82) is 0 Å². The minimum atomic E-state index is -0.438. The van der Waals surface area contributed by atoms with Crippen LogP contribution in [0.25, 0.3) is 0 Å². The lowest BCUT2D eigenvalue weighted by molar-refractivity contribution is 0.387. The first-order valence-electron chi connectivity index (χ1n) is 5.47. The Morgan fingerprint density at radius 1 is 1.53 bits per heavy atom. The van der Waals surface area contributed by atoms with Crippen molar-refractivity contribution in [1.82, 2.24) is 0 Å². The molecule has 0 spiro atoms. The highest BCUT2D eigenvalue weighted by Gasteiger charge is 2.10. The van der Waals surface area contributed by atoms with Crippen LogP contribution in [-0.4, -0.2) is 25.2 Å². The quantitative estimate of drug-likeness (QED) is 0.770. The summed E-state index contributed by atoms with van der Waals surface area (Å²) in [4.78, 5) is 0. The van der Waals surface area contributed by atoms with Crippen LogP contribution in [-0.2, 0) is 0 Å². The molecule has 1 aromatic carbocycles. The van der Waals surface area contributed by atoms with Crippen LogP contribution < -0.4 is 15.8 Å². The Balaban J connectivity index is 2.76. The average molecular weight is 258 g/mol. The Morgan fingerprint density at radius 3 is 2.82 bits per heavy atom. The maximum absolute atomic E-state index is 13.3. The van der Waals surface area contributed by atoms with Gasteiger partial charge in [-0.15, -0.1) is 0 Å². The molecule has 0 saturated heterocycles. The molecule has 1 unspecified atom stereocenters. The molecular formula is C12H19FN2OS. The van der Waals surface area contributed by atoms with E-state index in [0.29, 0.717) is 11.7 Å². The first-order chi connectivity index (χ1) is 8.08. The number of thioether (sulfide) groups is 1. The van der Waals surface area contributed by atoms with Gasteiger partial charge in [0.2, 0.25) is 0 Å². The highest BCUT2D eigenvalue weighted by molar-refractivity contribution is 7.98. The zero-order valence-electron chi connectivity index (χ0n) is 10.4. The van der Waals surface area contributed by atoms with Gasteiger partial charge in [-0.05, 0) is 25.4 Å². The molecule has 3 N–H and O–H groups in total. The second kappa shape index (κ2) is 6.59. The fourth-order valence-corrected chi connectivity index (χ4v) is 2.07. The average Bonchev–Trinajstić information content (AvgIpc) is 2.30. The maximum atomic E-state index is 13.3. The van der Waals surface area contributed by atoms with E-state index in [9.17, 15) is 4.39 Å². The first-order valence-corrected chi connectivity index (χ1v) is 6.86. The number of halogens is 1. The normalized spacial score (nSPS) is 12.2. The largest absolute Gasteiger partial charge is 0.494 e. The van der Waals surface area contributed by atoms with E-state index in [0.717, 1.165) is 17.9 Å². The van der Waals surface area contributed by atoms with Crippen molar-refractivity contribution in [2.75, 3.05) is 30.2 Å². The molecule has 0 amide bonds. The van der Waals surface area contributed by atoms with E-state index in [1.165, 1.54) is 13.2 Å². The lowest BCUT2D eigenvalue weighted by atomic mass is 10.2. The number of nitrogen functional groups attached to an aromatic ring is 1. The third-order valence-corrected chi connectivity index (χ3v) is 3.12. The van der Waals surface area contributed by atoms with E-state index in [2.05, 4.69) is 18.5 Å². The highest BCUT2D eigenvalue weighted by atomic mass is 32.2. The third-order valence-electron chi connectivity index (χ3n) is 2.48. The molecule has 17 heavy (non-hydrogen) atoms. The van der Waals surface area contributed by atoms with Gasteiger partial charge in [0.1, 0.15) is 0 Å². The van der Waals surface area contributed by atoms with E-state index in [4.69, 9.17) is 10.5 Å². The fourth-order valence-electron chi connectivity index (χ4n) is 1.48. The predicted octanol–water partition coefficient (Wildman–Crippen LogP) is 2.97. The zero-order chi connectivity index (χ0) is 12.8. The number of nitrogens with one attached hydrogen (secondary N) is 1. The van der Waals surface area contributed by atoms with Crippen molar-refractivity contribution in [3.05, 3.63) is 17.9 Å². The van der Waals surface area contributed by atoms with Gasteiger partial charge in [0.05, 0.1) is 18.5 Å². The Hall–Kier alpha value is -1.10. The van der Waals surface area contributed by atoms with E-state index in [1.807, 2.05) is 0 Å². The van der Waals surface area contributed by atoms with Crippen molar-refractivity contribution in [2.45, 2.75) is 19.4 Å². The van der Waals surface area contributed by atoms with E-state index in [-0.39, 0.29) is 5.75 Å². The molecule has 5 heteroatoms. The van der Waals surface area contributed by atoms with Crippen LogP contribution in [0.4, 0.5) is 15.8 Å². The number of benzene rings is 1. The molecule has 0 saturated carbocycles. The standard InChI is InChI=1S/C12H19FN2OS/c1-8(4-5-17-3)15-11-7-12(16-2)9(13)6-10(11)14/h6-8,15H,4-5,14H2,1-3H3. The number of ether oxygens (including phenoxy) is 1. The fraction of sp³-hybridized carbons (Fsp3) is 0.500. The van der Waals surface area contributed by atoms with Gasteiger partial charge in [-0.2, -0.15) is 11.8 Å². The summed E-state index contributed by atoms with van der Waals surface area (Å²) in [5.74, 6) is 0.845. The second-order valence-electron chi connectivity index (χ2n) is 3.90. The van der Waals surface area contributed by atoms with Crippen LogP contribution in [0, 0.1) is 5.82 Å². The predicted molar refractivity (Wildman–Crippen MR) is 73.4 cm³/mol. The van der Waals surface area contributed by atoms with E-state index in [1.54, 1.807) is 17.8 Å². The first kappa shape index (κ1) is 14.0. The van der Waals surface area contributed by atoms with Crippen molar-refractivity contribution in [3.63, 3.8) is 0 Å². The van der Waals surface area contributed by atoms with Gasteiger partial charge in [-0.1, -0.05) is 0 Å². The molecule has 0 aliphatic carbocycles. The van der Waals surface area contributed by atoms with Crippen LogP contribution in [0.5, 0.6) is 5.75 Å². The molecule has 1 rings (SSSR count). The SMILES string of the molecule is COc1cc(NC(C)CCSC)c(N)cc1F. The van der Waals surface area contributed by atoms with Crippen molar-refractivity contribution in [2.24, 2.45) is 0 Å². The summed E-state index contributed by atoms with van der Waals surface area (Å²) in [5.41, 5.74) is 6.88. The molecule has 3 nitrogen and oxygen atoms in total. The summed E-state index contributed by atoms with van der Waals surface area (Å²) in [7, 11) is 1.44. The molecule has 96 valence electrons. The van der Waals surface area contributed by atoms with Gasteiger partial charge in [-0.25, -0.2) is 4.39 Å². The molecular weight excluding hydrogens is 239 g/mol. The smallest absolute Gasteiger partial charge is 0.167 e. The van der Waals surface area contributed by atoms with Gasteiger partial charge in [0, 0.05) is 18.2 Å². The van der Waals surface area contributed by atoms with Gasteiger partial charge in [0.25, 0.3) is 0 Å². The molecule has 0 radical (unpaired) electrons. The third kappa shape index (κ3) is 4.00. The van der Waals surface area contributed by atoms with Crippen LogP contribution in [0.2, 0.25) is 0 Å². The summed E-state index contributed by atoms with van der Waals surface area (Å²) in [6.45, 7) is 2.07. The van der Waals surface area contributed by atoms with Crippen molar-refractivity contribution < 1.29 is 9.13 Å². The van der Waals surface area contributed by atoms with Crippen molar-refractivity contribution in [3.8, 4) is 5.75 Å². The minimum Gasteiger partial charge on any atom is -0.494 e. The molecule has 0 heterocycles. The monoisotopic (exact) mass is 258 g/mol. The van der Waals surface area contributed by atoms with Crippen LogP contribution in [0.3, 0.4) is 0 Å². The zero-order valence-corrected chi connectivity index (χ0v) is 11.2. The Kier molecular flexibility index (Phi) is 5.41. The summed E-state index contributed by atoms with van der Waals surface area (Å²) >= 11 is 1.80. The van der Waals surface area contributed by atoms with Crippen LogP contribution in [0.15, 0.2) is 12.1 Å². The van der Waals surface area contributed by atoms with Gasteiger partial charge >= 0.3 is 0 Å². The lowest BCUT2D eigenvalue weighted by Gasteiger charge is -2.17. The molecule has 0 fully saturated rings. The summed E-state index contributed by atoms with van der Waals surface area (Å²) in [5, 5.41) is 3.26. The molecule has 0 aromatic heterocycles. The Labute approximate surface area is 106 Å². The van der Waals surface area contributed by atoms with Gasteiger partial charge < -0.3 is 15.8 Å².